The summed E-state index contributed by atoms with van der Waals surface area (Å²) in [5.41, 5.74) is 7.24. The molecule has 0 bridgehead atoms. The number of primary amides is 1. The van der Waals surface area contributed by atoms with Crippen LogP contribution >= 0.6 is 11.6 Å². The van der Waals surface area contributed by atoms with E-state index in [1.165, 1.54) is 5.56 Å². The van der Waals surface area contributed by atoms with E-state index in [-0.39, 0.29) is 12.1 Å². The molecule has 1 heterocycles. The molecule has 1 aliphatic rings. The zero-order valence-electron chi connectivity index (χ0n) is 17.1. The van der Waals surface area contributed by atoms with Crippen molar-refractivity contribution in [3.63, 3.8) is 0 Å². The van der Waals surface area contributed by atoms with Crippen molar-refractivity contribution in [3.8, 4) is 5.75 Å². The van der Waals surface area contributed by atoms with E-state index in [0.29, 0.717) is 24.6 Å². The Balaban J connectivity index is 1.40. The third-order valence-electron chi connectivity index (χ3n) is 5.22. The van der Waals surface area contributed by atoms with Crippen molar-refractivity contribution >= 4 is 17.5 Å². The number of carbonyl (C=O) groups is 1. The molecule has 4 N–H and O–H groups in total. The molecule has 1 fully saturated rings. The summed E-state index contributed by atoms with van der Waals surface area (Å²) in [5.74, 6) is 0.353. The topological polar surface area (TPSA) is 93.8 Å². The number of nitrogens with two attached hydrogens (primary N) is 1. The standard InChI is InChI=1S/C23H29ClN2O4/c1-15(26-13-21(27)17-3-2-4-18(24)12-17)11-16-5-7-19(8-6-16)29-14-20-9-10-22(30-20)23(25)28/h2-8,12,15,20-22,26-27H,9-11,13-14H2,1H3,(H2,25,28). The molecule has 0 saturated carbocycles. The monoisotopic (exact) mass is 432 g/mol. The molecule has 2 aromatic carbocycles. The van der Waals surface area contributed by atoms with E-state index in [9.17, 15) is 9.90 Å². The lowest BCUT2D eigenvalue weighted by Gasteiger charge is -2.18. The number of hydrogen-bond donors (Lipinski definition) is 3. The summed E-state index contributed by atoms with van der Waals surface area (Å²) in [6, 6.07) is 15.4. The van der Waals surface area contributed by atoms with Crippen LogP contribution < -0.4 is 15.8 Å². The zero-order chi connectivity index (χ0) is 21.5. The van der Waals surface area contributed by atoms with Crippen LogP contribution in [0, 0.1) is 0 Å². The minimum absolute atomic E-state index is 0.0997. The van der Waals surface area contributed by atoms with Crippen LogP contribution in [0.15, 0.2) is 48.5 Å². The lowest BCUT2D eigenvalue weighted by molar-refractivity contribution is -0.129. The van der Waals surface area contributed by atoms with Crippen LogP contribution in [0.25, 0.3) is 0 Å². The molecule has 0 radical (unpaired) electrons. The third-order valence-corrected chi connectivity index (χ3v) is 5.45. The van der Waals surface area contributed by atoms with E-state index in [0.717, 1.165) is 24.2 Å². The van der Waals surface area contributed by atoms with Gasteiger partial charge in [0.05, 0.1) is 12.2 Å². The molecule has 0 spiro atoms. The van der Waals surface area contributed by atoms with Crippen LogP contribution in [0.1, 0.15) is 37.0 Å². The number of halogens is 1. The van der Waals surface area contributed by atoms with Crippen LogP contribution in [0.3, 0.4) is 0 Å². The highest BCUT2D eigenvalue weighted by Crippen LogP contribution is 2.21. The number of aliphatic hydroxyl groups is 1. The first-order valence-corrected chi connectivity index (χ1v) is 10.6. The lowest BCUT2D eigenvalue weighted by Crippen LogP contribution is -2.32. The lowest BCUT2D eigenvalue weighted by atomic mass is 10.1. The Morgan fingerprint density at radius 3 is 2.73 bits per heavy atom. The number of nitrogens with one attached hydrogen (secondary N) is 1. The maximum absolute atomic E-state index is 11.1. The Labute approximate surface area is 182 Å². The van der Waals surface area contributed by atoms with Gasteiger partial charge in [-0.2, -0.15) is 0 Å². The zero-order valence-corrected chi connectivity index (χ0v) is 17.8. The second-order valence-electron chi connectivity index (χ2n) is 7.77. The Morgan fingerprint density at radius 2 is 2.07 bits per heavy atom. The van der Waals surface area contributed by atoms with E-state index in [4.69, 9.17) is 26.8 Å². The van der Waals surface area contributed by atoms with Gasteiger partial charge in [0.25, 0.3) is 0 Å². The van der Waals surface area contributed by atoms with Gasteiger partial charge in [0.2, 0.25) is 5.91 Å². The first-order valence-electron chi connectivity index (χ1n) is 10.2. The minimum Gasteiger partial charge on any atom is -0.491 e. The normalized spacial score (nSPS) is 20.6. The number of benzene rings is 2. The molecule has 0 aliphatic carbocycles. The Morgan fingerprint density at radius 1 is 1.30 bits per heavy atom. The average Bonchev–Trinajstić information content (AvgIpc) is 3.21. The summed E-state index contributed by atoms with van der Waals surface area (Å²) >= 11 is 5.98. The molecule has 1 aliphatic heterocycles. The molecule has 3 rings (SSSR count). The molecule has 4 unspecified atom stereocenters. The van der Waals surface area contributed by atoms with Crippen molar-refractivity contribution in [2.45, 2.75) is 50.5 Å². The second kappa shape index (κ2) is 10.8. The summed E-state index contributed by atoms with van der Waals surface area (Å²) < 4.78 is 11.3. The number of hydrogen-bond acceptors (Lipinski definition) is 5. The molecule has 2 aromatic rings. The fourth-order valence-corrected chi connectivity index (χ4v) is 3.72. The van der Waals surface area contributed by atoms with Crippen molar-refractivity contribution in [3.05, 3.63) is 64.7 Å². The molecule has 0 aromatic heterocycles. The first-order chi connectivity index (χ1) is 14.4. The van der Waals surface area contributed by atoms with Crippen molar-refractivity contribution in [1.29, 1.82) is 0 Å². The number of rotatable bonds is 10. The molecule has 6 nitrogen and oxygen atoms in total. The van der Waals surface area contributed by atoms with Gasteiger partial charge in [0.15, 0.2) is 0 Å². The Bertz CT molecular complexity index is 830. The number of aliphatic hydroxyl groups excluding tert-OH is 1. The predicted molar refractivity (Wildman–Crippen MR) is 117 cm³/mol. The van der Waals surface area contributed by atoms with Crippen molar-refractivity contribution in [2.24, 2.45) is 5.73 Å². The van der Waals surface area contributed by atoms with Gasteiger partial charge in [-0.1, -0.05) is 35.9 Å². The highest BCUT2D eigenvalue weighted by Gasteiger charge is 2.29. The van der Waals surface area contributed by atoms with Gasteiger partial charge in [0.1, 0.15) is 18.5 Å². The van der Waals surface area contributed by atoms with Crippen LogP contribution in [-0.2, 0) is 16.0 Å². The van der Waals surface area contributed by atoms with E-state index < -0.39 is 18.1 Å². The largest absolute Gasteiger partial charge is 0.491 e. The van der Waals surface area contributed by atoms with E-state index in [2.05, 4.69) is 12.2 Å². The van der Waals surface area contributed by atoms with E-state index in [1.807, 2.05) is 36.4 Å². The minimum atomic E-state index is -0.603. The summed E-state index contributed by atoms with van der Waals surface area (Å²) in [5, 5.41) is 14.3. The van der Waals surface area contributed by atoms with Gasteiger partial charge in [-0.15, -0.1) is 0 Å². The predicted octanol–water partition coefficient (Wildman–Crippen LogP) is 3.01. The van der Waals surface area contributed by atoms with Gasteiger partial charge in [0, 0.05) is 17.6 Å². The molecule has 1 amide bonds. The molecule has 7 heteroatoms. The van der Waals surface area contributed by atoms with Gasteiger partial charge in [-0.05, 0) is 61.6 Å². The van der Waals surface area contributed by atoms with Gasteiger partial charge >= 0.3 is 0 Å². The molecule has 162 valence electrons. The smallest absolute Gasteiger partial charge is 0.246 e. The maximum atomic E-state index is 11.1. The SMILES string of the molecule is CC(Cc1ccc(OCC2CCC(C(N)=O)O2)cc1)NCC(O)c1cccc(Cl)c1. The summed E-state index contributed by atoms with van der Waals surface area (Å²) in [6.45, 7) is 2.94. The summed E-state index contributed by atoms with van der Waals surface area (Å²) in [6.07, 6.45) is 1.06. The number of carbonyl (C=O) groups excluding carboxylic acids is 1. The van der Waals surface area contributed by atoms with Gasteiger partial charge < -0.3 is 25.6 Å². The third kappa shape index (κ3) is 6.71. The molecule has 1 saturated heterocycles. The van der Waals surface area contributed by atoms with Crippen LogP contribution in [0.4, 0.5) is 0 Å². The highest BCUT2D eigenvalue weighted by molar-refractivity contribution is 6.30. The molecule has 4 atom stereocenters. The van der Waals surface area contributed by atoms with Crippen molar-refractivity contribution in [1.82, 2.24) is 5.32 Å². The summed E-state index contributed by atoms with van der Waals surface area (Å²) in [7, 11) is 0. The summed E-state index contributed by atoms with van der Waals surface area (Å²) in [4.78, 5) is 11.1. The fourth-order valence-electron chi connectivity index (χ4n) is 3.52. The van der Waals surface area contributed by atoms with Crippen molar-refractivity contribution in [2.75, 3.05) is 13.2 Å². The van der Waals surface area contributed by atoms with Crippen LogP contribution in [0.2, 0.25) is 5.02 Å². The highest BCUT2D eigenvalue weighted by atomic mass is 35.5. The van der Waals surface area contributed by atoms with Gasteiger partial charge in [-0.25, -0.2) is 0 Å². The quantitative estimate of drug-likeness (QED) is 0.536. The molecule has 30 heavy (non-hydrogen) atoms. The number of amides is 1. The maximum Gasteiger partial charge on any atom is 0.246 e. The van der Waals surface area contributed by atoms with E-state index in [1.54, 1.807) is 12.1 Å². The van der Waals surface area contributed by atoms with Gasteiger partial charge in [-0.3, -0.25) is 4.79 Å². The van der Waals surface area contributed by atoms with Crippen LogP contribution in [0.5, 0.6) is 5.75 Å². The Kier molecular flexibility index (Phi) is 8.10. The molecular formula is C23H29ClN2O4. The fraction of sp³-hybridized carbons (Fsp3) is 0.435. The Hall–Kier alpha value is -2.12. The van der Waals surface area contributed by atoms with E-state index >= 15 is 0 Å². The molecular weight excluding hydrogens is 404 g/mol. The van der Waals surface area contributed by atoms with Crippen LogP contribution in [-0.4, -0.2) is 42.4 Å². The second-order valence-corrected chi connectivity index (χ2v) is 8.20. The average molecular weight is 433 g/mol. The van der Waals surface area contributed by atoms with Crippen molar-refractivity contribution < 1.29 is 19.4 Å². The first kappa shape index (κ1) is 22.6. The number of ether oxygens (including phenoxy) is 2.